The second-order valence-corrected chi connectivity index (χ2v) is 5.72. The Morgan fingerprint density at radius 1 is 1.38 bits per heavy atom. The molecule has 1 saturated heterocycles. The van der Waals surface area contributed by atoms with Crippen molar-refractivity contribution in [2.75, 3.05) is 7.05 Å². The van der Waals surface area contributed by atoms with Crippen LogP contribution in [0, 0.1) is 0 Å². The zero-order valence-corrected chi connectivity index (χ0v) is 12.9. The summed E-state index contributed by atoms with van der Waals surface area (Å²) in [4.78, 5) is 11.3. The van der Waals surface area contributed by atoms with Gasteiger partial charge in [-0.2, -0.15) is 0 Å². The van der Waals surface area contributed by atoms with Gasteiger partial charge in [0.15, 0.2) is 0 Å². The van der Waals surface area contributed by atoms with Gasteiger partial charge in [0.1, 0.15) is 5.78 Å². The Labute approximate surface area is 127 Å². The Kier molecular flexibility index (Phi) is 6.21. The Morgan fingerprint density at radius 2 is 2.14 bits per heavy atom. The molecule has 3 nitrogen and oxygen atoms in total. The zero-order chi connectivity index (χ0) is 15.1. The molecule has 1 aromatic rings. The molecule has 1 N–H and O–H groups in total. The number of hydrogen-bond donors (Lipinski definition) is 1. The van der Waals surface area contributed by atoms with Gasteiger partial charge in [-0.05, 0) is 38.8 Å². The van der Waals surface area contributed by atoms with E-state index in [-0.39, 0.29) is 18.8 Å². The fourth-order valence-corrected chi connectivity index (χ4v) is 2.83. The number of ketones is 1. The monoisotopic (exact) mass is 285 g/mol. The van der Waals surface area contributed by atoms with Crippen LogP contribution in [0.25, 0.3) is 0 Å². The highest BCUT2D eigenvalue weighted by molar-refractivity contribution is 6.59. The molecule has 0 radical (unpaired) electrons. The molecule has 0 saturated carbocycles. The van der Waals surface area contributed by atoms with E-state index in [2.05, 4.69) is 41.6 Å². The average Bonchev–Trinajstić information content (AvgIpc) is 2.48. The molecular weight excluding hydrogens is 261 g/mol. The molecular formula is C17H24BNO2. The summed E-state index contributed by atoms with van der Waals surface area (Å²) in [5.74, 6) is 2.68. The van der Waals surface area contributed by atoms with E-state index < -0.39 is 0 Å². The van der Waals surface area contributed by atoms with Gasteiger partial charge in [-0.25, -0.2) is 0 Å². The molecule has 0 amide bonds. The maximum Gasteiger partial charge on any atom is 0.336 e. The van der Waals surface area contributed by atoms with Gasteiger partial charge in [0.05, 0.1) is 0 Å². The third kappa shape index (κ3) is 5.14. The fourth-order valence-electron chi connectivity index (χ4n) is 2.83. The average molecular weight is 285 g/mol. The van der Waals surface area contributed by atoms with Crippen molar-refractivity contribution in [3.8, 4) is 0 Å². The normalized spacial score (nSPS) is 22.7. The van der Waals surface area contributed by atoms with E-state index in [1.165, 1.54) is 5.56 Å². The highest BCUT2D eigenvalue weighted by atomic mass is 16.4. The van der Waals surface area contributed by atoms with Gasteiger partial charge in [-0.15, -0.1) is 0 Å². The predicted molar refractivity (Wildman–Crippen MR) is 87.3 cm³/mol. The molecule has 1 fully saturated rings. The van der Waals surface area contributed by atoms with Gasteiger partial charge < -0.3 is 9.97 Å². The Morgan fingerprint density at radius 3 is 2.81 bits per heavy atom. The van der Waals surface area contributed by atoms with E-state index in [4.69, 9.17) is 4.65 Å². The minimum Gasteiger partial charge on any atom is -0.427 e. The van der Waals surface area contributed by atoms with Crippen LogP contribution in [0.2, 0.25) is 0 Å². The van der Waals surface area contributed by atoms with E-state index in [1.54, 1.807) is 6.92 Å². The molecule has 0 spiro atoms. The molecule has 0 aromatic heterocycles. The van der Waals surface area contributed by atoms with Crippen LogP contribution in [0.4, 0.5) is 0 Å². The van der Waals surface area contributed by atoms with Crippen LogP contribution >= 0.6 is 0 Å². The van der Waals surface area contributed by atoms with Crippen molar-refractivity contribution in [1.82, 2.24) is 5.32 Å². The predicted octanol–water partition coefficient (Wildman–Crippen LogP) is 2.60. The Bertz CT molecular complexity index is 475. The summed E-state index contributed by atoms with van der Waals surface area (Å²) in [6.07, 6.45) is 5.68. The number of allylic oxidation sites excluding steroid dienone is 1. The molecule has 4 heteroatoms. The van der Waals surface area contributed by atoms with Crippen molar-refractivity contribution in [2.45, 2.75) is 44.7 Å². The van der Waals surface area contributed by atoms with Crippen molar-refractivity contribution >= 4 is 12.7 Å². The second-order valence-electron chi connectivity index (χ2n) is 5.72. The third-order valence-corrected chi connectivity index (χ3v) is 3.95. The number of benzene rings is 1. The van der Waals surface area contributed by atoms with Crippen LogP contribution in [0.1, 0.15) is 31.7 Å². The van der Waals surface area contributed by atoms with Gasteiger partial charge >= 0.3 is 6.92 Å². The largest absolute Gasteiger partial charge is 0.427 e. The summed E-state index contributed by atoms with van der Waals surface area (Å²) in [5, 5.41) is 3.32. The lowest BCUT2D eigenvalue weighted by molar-refractivity contribution is -0.118. The first-order valence-electron chi connectivity index (χ1n) is 7.71. The van der Waals surface area contributed by atoms with Gasteiger partial charge in [0.2, 0.25) is 0 Å². The van der Waals surface area contributed by atoms with Crippen molar-refractivity contribution in [2.24, 2.45) is 0 Å². The van der Waals surface area contributed by atoms with Gasteiger partial charge in [-0.3, -0.25) is 4.79 Å². The summed E-state index contributed by atoms with van der Waals surface area (Å²) in [6.45, 7) is 1.69. The highest BCUT2D eigenvalue weighted by Gasteiger charge is 2.32. The van der Waals surface area contributed by atoms with E-state index >= 15 is 0 Å². The van der Waals surface area contributed by atoms with E-state index in [0.717, 1.165) is 19.3 Å². The summed E-state index contributed by atoms with van der Waals surface area (Å²) in [6, 6.07) is 10.4. The van der Waals surface area contributed by atoms with Crippen molar-refractivity contribution in [1.29, 1.82) is 0 Å². The number of carbonyl (C=O) groups excluding carboxylic acids is 1. The fraction of sp³-hybridized carbons (Fsp3) is 0.471. The Hall–Kier alpha value is -1.39. The van der Waals surface area contributed by atoms with Crippen LogP contribution < -0.4 is 5.32 Å². The molecule has 0 bridgehead atoms. The molecule has 2 atom stereocenters. The highest BCUT2D eigenvalue weighted by Crippen LogP contribution is 2.20. The minimum absolute atomic E-state index is 0.0526. The molecule has 2 rings (SSSR count). The number of carbonyl (C=O) groups is 1. The summed E-state index contributed by atoms with van der Waals surface area (Å²) < 4.78 is 6.07. The third-order valence-electron chi connectivity index (χ3n) is 3.95. The Balaban J connectivity index is 1.92. The smallest absolute Gasteiger partial charge is 0.336 e. The lowest BCUT2D eigenvalue weighted by Crippen LogP contribution is -2.49. The minimum atomic E-state index is 0.0526. The molecule has 1 aliphatic rings. The molecule has 112 valence electrons. The molecule has 21 heavy (non-hydrogen) atoms. The lowest BCUT2D eigenvalue weighted by Gasteiger charge is -2.32. The summed E-state index contributed by atoms with van der Waals surface area (Å²) in [7, 11) is 1.97. The van der Waals surface area contributed by atoms with Crippen LogP contribution in [0.5, 0.6) is 0 Å². The van der Waals surface area contributed by atoms with Crippen LogP contribution in [-0.2, 0) is 15.9 Å². The molecule has 2 unspecified atom stereocenters. The SMILES string of the molecule is CNC1CCC(CC(C)=O)OB1/C=C/Cc1ccccc1. The van der Waals surface area contributed by atoms with Crippen LogP contribution in [0.15, 0.2) is 42.4 Å². The van der Waals surface area contributed by atoms with Gasteiger partial charge in [-0.1, -0.05) is 42.4 Å². The second kappa shape index (κ2) is 8.15. The standard InChI is InChI=1S/C17H24BNO2/c1-14(20)13-16-10-11-17(19-2)18(21-16)12-6-9-15-7-4-3-5-8-15/h3-8,12,16-17,19H,9-11,13H2,1-2H3/b12-6+. The number of nitrogens with one attached hydrogen (secondary N) is 1. The summed E-state index contributed by atoms with van der Waals surface area (Å²) >= 11 is 0. The van der Waals surface area contributed by atoms with Crippen molar-refractivity contribution in [3.63, 3.8) is 0 Å². The van der Waals surface area contributed by atoms with E-state index in [0.29, 0.717) is 12.4 Å². The first-order chi connectivity index (χ1) is 10.2. The molecule has 1 aliphatic heterocycles. The number of hydrogen-bond acceptors (Lipinski definition) is 3. The van der Waals surface area contributed by atoms with Crippen LogP contribution in [0.3, 0.4) is 0 Å². The first-order valence-corrected chi connectivity index (χ1v) is 7.71. The molecule has 0 aliphatic carbocycles. The maximum absolute atomic E-state index is 11.3. The molecule has 1 heterocycles. The van der Waals surface area contributed by atoms with Gasteiger partial charge in [0.25, 0.3) is 0 Å². The summed E-state index contributed by atoms with van der Waals surface area (Å²) in [5.41, 5.74) is 1.30. The number of rotatable bonds is 6. The van der Waals surface area contributed by atoms with Crippen molar-refractivity contribution in [3.05, 3.63) is 47.9 Å². The number of Topliss-reactive ketones (excluding diaryl/α,β-unsaturated/α-hetero) is 1. The van der Waals surface area contributed by atoms with Gasteiger partial charge in [0, 0.05) is 18.5 Å². The van der Waals surface area contributed by atoms with Crippen molar-refractivity contribution < 1.29 is 9.45 Å². The van der Waals surface area contributed by atoms with E-state index in [1.807, 2.05) is 13.1 Å². The lowest BCUT2D eigenvalue weighted by atomic mass is 9.56. The molecule has 1 aromatic carbocycles. The van der Waals surface area contributed by atoms with E-state index in [9.17, 15) is 4.79 Å². The zero-order valence-electron chi connectivity index (χ0n) is 12.9. The first kappa shape index (κ1) is 16.0. The van der Waals surface area contributed by atoms with Crippen LogP contribution in [-0.4, -0.2) is 31.8 Å². The quantitative estimate of drug-likeness (QED) is 0.816. The maximum atomic E-state index is 11.3. The topological polar surface area (TPSA) is 38.3 Å².